The molecule has 0 radical (unpaired) electrons. The summed E-state index contributed by atoms with van der Waals surface area (Å²) in [4.78, 5) is 4.53. The Morgan fingerprint density at radius 2 is 1.95 bits per heavy atom. The number of halogens is 1. The molecule has 0 bridgehead atoms. The summed E-state index contributed by atoms with van der Waals surface area (Å²) < 4.78 is 12.9. The molecule has 0 saturated heterocycles. The van der Waals surface area contributed by atoms with E-state index in [9.17, 15) is 9.65 Å². The highest BCUT2D eigenvalue weighted by atomic mass is 32.1. The lowest BCUT2D eigenvalue weighted by atomic mass is 9.98. The standard InChI is InChI=1S/C15H16FN3S/c1-15(2,3)14-19-13(9-20-14)12(8-17)18-11-6-4-10(16)5-7-11/h4-7,9,12,18H,1-3H3. The normalized spacial score (nSPS) is 12.8. The molecule has 0 fully saturated rings. The Hall–Kier alpha value is -1.93. The van der Waals surface area contributed by atoms with Gasteiger partial charge in [-0.3, -0.25) is 0 Å². The summed E-state index contributed by atoms with van der Waals surface area (Å²) in [7, 11) is 0. The molecule has 1 atom stereocenters. The van der Waals surface area contributed by atoms with Crippen LogP contribution >= 0.6 is 11.3 Å². The Kier molecular flexibility index (Phi) is 4.05. The van der Waals surface area contributed by atoms with Crippen molar-refractivity contribution in [2.24, 2.45) is 0 Å². The molecule has 0 saturated carbocycles. The van der Waals surface area contributed by atoms with Crippen LogP contribution in [0, 0.1) is 17.1 Å². The van der Waals surface area contributed by atoms with E-state index in [1.54, 1.807) is 23.5 Å². The summed E-state index contributed by atoms with van der Waals surface area (Å²) in [6.45, 7) is 6.26. The van der Waals surface area contributed by atoms with Gasteiger partial charge in [0, 0.05) is 16.5 Å². The molecule has 5 heteroatoms. The third kappa shape index (κ3) is 3.34. The van der Waals surface area contributed by atoms with Crippen molar-refractivity contribution in [3.05, 3.63) is 46.2 Å². The first-order valence-electron chi connectivity index (χ1n) is 6.28. The maximum Gasteiger partial charge on any atom is 0.158 e. The lowest BCUT2D eigenvalue weighted by Gasteiger charge is -2.14. The van der Waals surface area contributed by atoms with Gasteiger partial charge in [-0.25, -0.2) is 9.37 Å². The third-order valence-electron chi connectivity index (χ3n) is 2.74. The molecule has 0 aliphatic heterocycles. The maximum atomic E-state index is 12.9. The topological polar surface area (TPSA) is 48.7 Å². The van der Waals surface area contributed by atoms with E-state index in [1.165, 1.54) is 12.1 Å². The largest absolute Gasteiger partial charge is 0.365 e. The van der Waals surface area contributed by atoms with Crippen LogP contribution in [0.25, 0.3) is 0 Å². The molecule has 1 heterocycles. The molecule has 104 valence electrons. The highest BCUT2D eigenvalue weighted by Crippen LogP contribution is 2.28. The van der Waals surface area contributed by atoms with Crippen LogP contribution in [0.5, 0.6) is 0 Å². The first kappa shape index (κ1) is 14.5. The SMILES string of the molecule is CC(C)(C)c1nc(C(C#N)Nc2ccc(F)cc2)cs1. The molecule has 2 rings (SSSR count). The van der Waals surface area contributed by atoms with Crippen molar-refractivity contribution in [3.63, 3.8) is 0 Å². The van der Waals surface area contributed by atoms with Crippen LogP contribution < -0.4 is 5.32 Å². The van der Waals surface area contributed by atoms with Crippen LogP contribution in [-0.2, 0) is 5.41 Å². The van der Waals surface area contributed by atoms with E-state index in [1.807, 2.05) is 5.38 Å². The van der Waals surface area contributed by atoms with Crippen LogP contribution in [0.4, 0.5) is 10.1 Å². The predicted octanol–water partition coefficient (Wildman–Crippen LogP) is 4.26. The number of nitriles is 1. The minimum absolute atomic E-state index is 0.0290. The number of hydrogen-bond acceptors (Lipinski definition) is 4. The monoisotopic (exact) mass is 289 g/mol. The van der Waals surface area contributed by atoms with Crippen LogP contribution in [0.2, 0.25) is 0 Å². The fraction of sp³-hybridized carbons (Fsp3) is 0.333. The second kappa shape index (κ2) is 5.59. The van der Waals surface area contributed by atoms with Gasteiger partial charge in [-0.2, -0.15) is 5.26 Å². The van der Waals surface area contributed by atoms with E-state index in [0.717, 1.165) is 5.01 Å². The van der Waals surface area contributed by atoms with Gasteiger partial charge in [0.15, 0.2) is 6.04 Å². The second-order valence-electron chi connectivity index (χ2n) is 5.54. The van der Waals surface area contributed by atoms with Crippen molar-refractivity contribution >= 4 is 17.0 Å². The van der Waals surface area contributed by atoms with Gasteiger partial charge < -0.3 is 5.32 Å². The highest BCUT2D eigenvalue weighted by Gasteiger charge is 2.21. The second-order valence-corrected chi connectivity index (χ2v) is 6.40. The van der Waals surface area contributed by atoms with Crippen molar-refractivity contribution in [3.8, 4) is 6.07 Å². The van der Waals surface area contributed by atoms with Gasteiger partial charge in [0.25, 0.3) is 0 Å². The Morgan fingerprint density at radius 1 is 1.30 bits per heavy atom. The molecule has 0 aliphatic rings. The molecule has 0 spiro atoms. The van der Waals surface area contributed by atoms with E-state index in [0.29, 0.717) is 11.4 Å². The maximum absolute atomic E-state index is 12.9. The highest BCUT2D eigenvalue weighted by molar-refractivity contribution is 7.09. The molecule has 1 N–H and O–H groups in total. The van der Waals surface area contributed by atoms with Gasteiger partial charge in [-0.1, -0.05) is 20.8 Å². The molecule has 0 amide bonds. The van der Waals surface area contributed by atoms with Gasteiger partial charge >= 0.3 is 0 Å². The summed E-state index contributed by atoms with van der Waals surface area (Å²) >= 11 is 1.55. The van der Waals surface area contributed by atoms with Gasteiger partial charge in [-0.05, 0) is 24.3 Å². The summed E-state index contributed by atoms with van der Waals surface area (Å²) in [6.07, 6.45) is 0. The van der Waals surface area contributed by atoms with Gasteiger partial charge in [-0.15, -0.1) is 11.3 Å². The Morgan fingerprint density at radius 3 is 2.45 bits per heavy atom. The number of benzene rings is 1. The van der Waals surface area contributed by atoms with Crippen molar-refractivity contribution in [2.45, 2.75) is 32.2 Å². The number of nitrogens with one attached hydrogen (secondary N) is 1. The van der Waals surface area contributed by atoms with Crippen molar-refractivity contribution < 1.29 is 4.39 Å². The number of thiazole rings is 1. The molecule has 1 aromatic heterocycles. The van der Waals surface area contributed by atoms with Crippen LogP contribution in [0.15, 0.2) is 29.6 Å². The first-order chi connectivity index (χ1) is 9.40. The zero-order chi connectivity index (χ0) is 14.8. The van der Waals surface area contributed by atoms with Crippen molar-refractivity contribution in [2.75, 3.05) is 5.32 Å². The number of rotatable bonds is 3. The van der Waals surface area contributed by atoms with E-state index < -0.39 is 6.04 Å². The minimum Gasteiger partial charge on any atom is -0.365 e. The predicted molar refractivity (Wildman–Crippen MR) is 79.2 cm³/mol. The average molecular weight is 289 g/mol. The zero-order valence-electron chi connectivity index (χ0n) is 11.6. The van der Waals surface area contributed by atoms with E-state index in [2.05, 4.69) is 37.1 Å². The molecule has 1 unspecified atom stereocenters. The summed E-state index contributed by atoms with van der Waals surface area (Å²) in [5, 5.41) is 15.2. The summed E-state index contributed by atoms with van der Waals surface area (Å²) in [5.74, 6) is -0.298. The number of aromatic nitrogens is 1. The van der Waals surface area contributed by atoms with E-state index in [4.69, 9.17) is 0 Å². The molecule has 20 heavy (non-hydrogen) atoms. The zero-order valence-corrected chi connectivity index (χ0v) is 12.5. The average Bonchev–Trinajstić information content (AvgIpc) is 2.87. The molecule has 2 aromatic rings. The van der Waals surface area contributed by atoms with Gasteiger partial charge in [0.2, 0.25) is 0 Å². The molecule has 1 aromatic carbocycles. The summed E-state index contributed by atoms with van der Waals surface area (Å²) in [6, 6.07) is 7.59. The first-order valence-corrected chi connectivity index (χ1v) is 7.16. The number of nitrogens with zero attached hydrogens (tertiary/aromatic N) is 2. The van der Waals surface area contributed by atoms with E-state index >= 15 is 0 Å². The van der Waals surface area contributed by atoms with Crippen LogP contribution in [0.1, 0.15) is 37.5 Å². The number of anilines is 1. The van der Waals surface area contributed by atoms with Crippen molar-refractivity contribution in [1.82, 2.24) is 4.98 Å². The van der Waals surface area contributed by atoms with Crippen molar-refractivity contribution in [1.29, 1.82) is 5.26 Å². The third-order valence-corrected chi connectivity index (χ3v) is 4.03. The Labute approximate surface area is 122 Å². The van der Waals surface area contributed by atoms with E-state index in [-0.39, 0.29) is 11.2 Å². The van der Waals surface area contributed by atoms with Crippen LogP contribution in [-0.4, -0.2) is 4.98 Å². The Balaban J connectivity index is 2.19. The fourth-order valence-electron chi connectivity index (χ4n) is 1.65. The number of hydrogen-bond donors (Lipinski definition) is 1. The Bertz CT molecular complexity index is 620. The fourth-order valence-corrected chi connectivity index (χ4v) is 2.58. The minimum atomic E-state index is -0.534. The molecule has 3 nitrogen and oxygen atoms in total. The lowest BCUT2D eigenvalue weighted by molar-refractivity contribution is 0.582. The lowest BCUT2D eigenvalue weighted by Crippen LogP contribution is -2.13. The van der Waals surface area contributed by atoms with Gasteiger partial charge in [0.05, 0.1) is 16.8 Å². The summed E-state index contributed by atoms with van der Waals surface area (Å²) in [5.41, 5.74) is 1.37. The quantitative estimate of drug-likeness (QED) is 0.918. The van der Waals surface area contributed by atoms with Gasteiger partial charge in [0.1, 0.15) is 5.82 Å². The smallest absolute Gasteiger partial charge is 0.158 e. The van der Waals surface area contributed by atoms with Crippen LogP contribution in [0.3, 0.4) is 0 Å². The molecule has 0 aliphatic carbocycles. The molecular weight excluding hydrogens is 273 g/mol. The molecular formula is C15H16FN3S.